The normalized spacial score (nSPS) is 13.2. The molecule has 0 aliphatic rings. The smallest absolute Gasteiger partial charge is 0.133 e. The van der Waals surface area contributed by atoms with Crippen LogP contribution in [0.15, 0.2) is 40.9 Å². The van der Waals surface area contributed by atoms with Crippen molar-refractivity contribution in [1.29, 1.82) is 0 Å². The second kappa shape index (κ2) is 10.9. The minimum Gasteiger partial charge on any atom is -0.492 e. The molecule has 2 aromatic rings. The van der Waals surface area contributed by atoms with Crippen LogP contribution >= 0.6 is 15.9 Å². The molecule has 1 N–H and O–H groups in total. The Morgan fingerprint density at radius 1 is 0.903 bits per heavy atom. The summed E-state index contributed by atoms with van der Waals surface area (Å²) in [6, 6.07) is 12.9. The summed E-state index contributed by atoms with van der Waals surface area (Å²) >= 11 is 3.71. The SMILES string of the molecule is CCCOc1ccc(C(CC)(CC)c2ccc(OCC(O)C(C)(C)C)c(C)c2)cc1Br. The number of hydrogen-bond acceptors (Lipinski definition) is 3. The van der Waals surface area contributed by atoms with Crippen molar-refractivity contribution in [3.05, 3.63) is 57.6 Å². The number of rotatable bonds is 10. The monoisotopic (exact) mass is 490 g/mol. The highest BCUT2D eigenvalue weighted by atomic mass is 79.9. The van der Waals surface area contributed by atoms with Gasteiger partial charge in [0, 0.05) is 5.41 Å². The Hall–Kier alpha value is -1.52. The van der Waals surface area contributed by atoms with E-state index in [9.17, 15) is 5.11 Å². The highest BCUT2D eigenvalue weighted by Crippen LogP contribution is 2.42. The molecule has 172 valence electrons. The van der Waals surface area contributed by atoms with Crippen LogP contribution in [0.1, 0.15) is 77.5 Å². The summed E-state index contributed by atoms with van der Waals surface area (Å²) in [5.74, 6) is 1.72. The van der Waals surface area contributed by atoms with Gasteiger partial charge >= 0.3 is 0 Å². The number of hydrogen-bond donors (Lipinski definition) is 1. The Kier molecular flexibility index (Phi) is 9.03. The number of ether oxygens (including phenoxy) is 2. The van der Waals surface area contributed by atoms with E-state index >= 15 is 0 Å². The summed E-state index contributed by atoms with van der Waals surface area (Å²) in [6.45, 7) is 15.8. The van der Waals surface area contributed by atoms with Gasteiger partial charge in [-0.05, 0) is 82.4 Å². The summed E-state index contributed by atoms with van der Waals surface area (Å²) in [4.78, 5) is 0. The predicted octanol–water partition coefficient (Wildman–Crippen LogP) is 7.44. The maximum absolute atomic E-state index is 10.3. The third-order valence-corrected chi connectivity index (χ3v) is 6.90. The van der Waals surface area contributed by atoms with E-state index in [1.54, 1.807) is 0 Å². The van der Waals surface area contributed by atoms with Crippen LogP contribution < -0.4 is 9.47 Å². The molecule has 0 heterocycles. The van der Waals surface area contributed by atoms with Crippen LogP contribution in [0.3, 0.4) is 0 Å². The molecule has 0 amide bonds. The molecule has 2 rings (SSSR count). The van der Waals surface area contributed by atoms with E-state index in [4.69, 9.17) is 9.47 Å². The lowest BCUT2D eigenvalue weighted by atomic mass is 9.70. The van der Waals surface area contributed by atoms with Gasteiger partial charge in [0.25, 0.3) is 0 Å². The number of aliphatic hydroxyl groups excluding tert-OH is 1. The molecule has 0 aromatic heterocycles. The molecule has 1 unspecified atom stereocenters. The molecule has 0 aliphatic heterocycles. The fourth-order valence-electron chi connectivity index (χ4n) is 3.89. The predicted molar refractivity (Wildman–Crippen MR) is 133 cm³/mol. The van der Waals surface area contributed by atoms with Gasteiger partial charge in [-0.3, -0.25) is 0 Å². The summed E-state index contributed by atoms with van der Waals surface area (Å²) in [5.41, 5.74) is 3.37. The quantitative estimate of drug-likeness (QED) is 0.375. The standard InChI is InChI=1S/C27H39BrO3/c1-8-15-30-24-14-12-21(17-22(24)28)27(9-2,10-3)20-11-13-23(19(4)16-20)31-18-25(29)26(5,6)7/h11-14,16-17,25,29H,8-10,15,18H2,1-7H3. The average Bonchev–Trinajstić information content (AvgIpc) is 2.73. The zero-order valence-electron chi connectivity index (χ0n) is 20.2. The molecule has 4 heteroatoms. The lowest BCUT2D eigenvalue weighted by Crippen LogP contribution is -2.32. The van der Waals surface area contributed by atoms with E-state index in [-0.39, 0.29) is 10.8 Å². The van der Waals surface area contributed by atoms with E-state index in [2.05, 4.69) is 74.0 Å². The zero-order chi connectivity index (χ0) is 23.2. The van der Waals surface area contributed by atoms with E-state index in [1.807, 2.05) is 26.8 Å². The van der Waals surface area contributed by atoms with Crippen molar-refractivity contribution >= 4 is 15.9 Å². The number of aryl methyl sites for hydroxylation is 1. The average molecular weight is 492 g/mol. The fraction of sp³-hybridized carbons (Fsp3) is 0.556. The van der Waals surface area contributed by atoms with Crippen molar-refractivity contribution in [1.82, 2.24) is 0 Å². The first-order chi connectivity index (χ1) is 14.6. The highest BCUT2D eigenvalue weighted by Gasteiger charge is 2.32. The molecule has 1 atom stereocenters. The van der Waals surface area contributed by atoms with Gasteiger partial charge in [-0.1, -0.05) is 59.7 Å². The minimum atomic E-state index is -0.511. The number of benzene rings is 2. The van der Waals surface area contributed by atoms with Crippen molar-refractivity contribution in [3.8, 4) is 11.5 Å². The first-order valence-corrected chi connectivity index (χ1v) is 12.2. The van der Waals surface area contributed by atoms with Crippen LogP contribution in [0.25, 0.3) is 0 Å². The van der Waals surface area contributed by atoms with Crippen molar-refractivity contribution in [2.45, 2.75) is 79.2 Å². The Bertz CT molecular complexity index is 850. The second-order valence-corrected chi connectivity index (χ2v) is 10.3. The van der Waals surface area contributed by atoms with Crippen molar-refractivity contribution in [2.24, 2.45) is 5.41 Å². The van der Waals surface area contributed by atoms with Crippen molar-refractivity contribution in [2.75, 3.05) is 13.2 Å². The van der Waals surface area contributed by atoms with Crippen LogP contribution in [0.2, 0.25) is 0 Å². The van der Waals surface area contributed by atoms with Gasteiger partial charge in [0.2, 0.25) is 0 Å². The maximum atomic E-state index is 10.3. The molecule has 31 heavy (non-hydrogen) atoms. The fourth-order valence-corrected chi connectivity index (χ4v) is 4.38. The van der Waals surface area contributed by atoms with Gasteiger partial charge < -0.3 is 14.6 Å². The minimum absolute atomic E-state index is 0.0833. The molecular weight excluding hydrogens is 452 g/mol. The maximum Gasteiger partial charge on any atom is 0.133 e. The lowest BCUT2D eigenvalue weighted by molar-refractivity contribution is 0.0216. The summed E-state index contributed by atoms with van der Waals surface area (Å²) in [6.07, 6.45) is 2.46. The third-order valence-electron chi connectivity index (χ3n) is 6.28. The topological polar surface area (TPSA) is 38.7 Å². The number of halogens is 1. The van der Waals surface area contributed by atoms with Gasteiger partial charge in [-0.2, -0.15) is 0 Å². The summed E-state index contributed by atoms with van der Waals surface area (Å²) < 4.78 is 12.8. The first-order valence-electron chi connectivity index (χ1n) is 11.4. The molecule has 0 aliphatic carbocycles. The van der Waals surface area contributed by atoms with Crippen LogP contribution in [-0.4, -0.2) is 24.4 Å². The van der Waals surface area contributed by atoms with Crippen LogP contribution in [0.4, 0.5) is 0 Å². The highest BCUT2D eigenvalue weighted by molar-refractivity contribution is 9.10. The Morgan fingerprint density at radius 3 is 1.97 bits per heavy atom. The third kappa shape index (κ3) is 6.04. The summed E-state index contributed by atoms with van der Waals surface area (Å²) in [7, 11) is 0. The molecule has 0 saturated heterocycles. The van der Waals surface area contributed by atoms with Crippen molar-refractivity contribution < 1.29 is 14.6 Å². The van der Waals surface area contributed by atoms with E-state index in [1.165, 1.54) is 11.1 Å². The molecule has 3 nitrogen and oxygen atoms in total. The van der Waals surface area contributed by atoms with E-state index in [0.717, 1.165) is 47.4 Å². The second-order valence-electron chi connectivity index (χ2n) is 9.46. The van der Waals surface area contributed by atoms with Crippen LogP contribution in [-0.2, 0) is 5.41 Å². The van der Waals surface area contributed by atoms with E-state index in [0.29, 0.717) is 6.61 Å². The van der Waals surface area contributed by atoms with Crippen LogP contribution in [0, 0.1) is 12.3 Å². The lowest BCUT2D eigenvalue weighted by Gasteiger charge is -2.34. The van der Waals surface area contributed by atoms with E-state index < -0.39 is 6.10 Å². The molecule has 0 saturated carbocycles. The van der Waals surface area contributed by atoms with Gasteiger partial charge in [-0.15, -0.1) is 0 Å². The first kappa shape index (κ1) is 25.7. The number of aliphatic hydroxyl groups is 1. The van der Waals surface area contributed by atoms with Gasteiger partial charge in [-0.25, -0.2) is 0 Å². The summed E-state index contributed by atoms with van der Waals surface area (Å²) in [5, 5.41) is 10.3. The molecule has 0 spiro atoms. The Labute approximate surface area is 197 Å². The largest absolute Gasteiger partial charge is 0.492 e. The molecule has 0 bridgehead atoms. The molecule has 0 radical (unpaired) electrons. The molecule has 2 aromatic carbocycles. The van der Waals surface area contributed by atoms with Gasteiger partial charge in [0.1, 0.15) is 18.1 Å². The van der Waals surface area contributed by atoms with Crippen LogP contribution in [0.5, 0.6) is 11.5 Å². The van der Waals surface area contributed by atoms with Gasteiger partial charge in [0.15, 0.2) is 0 Å². The molecule has 0 fully saturated rings. The Balaban J connectivity index is 2.34. The molecular formula is C27H39BrO3. The Morgan fingerprint density at radius 2 is 1.48 bits per heavy atom. The van der Waals surface area contributed by atoms with Gasteiger partial charge in [0.05, 0.1) is 17.2 Å². The van der Waals surface area contributed by atoms with Crippen molar-refractivity contribution in [3.63, 3.8) is 0 Å². The zero-order valence-corrected chi connectivity index (χ0v) is 21.8.